The van der Waals surface area contributed by atoms with Gasteiger partial charge < -0.3 is 14.7 Å². The van der Waals surface area contributed by atoms with Gasteiger partial charge in [0.1, 0.15) is 5.82 Å². The molecule has 5 heteroatoms. The van der Waals surface area contributed by atoms with E-state index in [-0.39, 0.29) is 18.8 Å². The number of aliphatic hydroxyl groups excluding tert-OH is 1. The van der Waals surface area contributed by atoms with Gasteiger partial charge in [-0.2, -0.15) is 0 Å². The summed E-state index contributed by atoms with van der Waals surface area (Å²) in [5.41, 5.74) is 0.601. The average Bonchev–Trinajstić information content (AvgIpc) is 2.28. The fourth-order valence-electron chi connectivity index (χ4n) is 1.99. The highest BCUT2D eigenvalue weighted by Gasteiger charge is 2.23. The van der Waals surface area contributed by atoms with E-state index < -0.39 is 0 Å². The van der Waals surface area contributed by atoms with Crippen molar-refractivity contribution in [2.45, 2.75) is 32.7 Å². The monoisotopic (exact) mass is 223 g/mol. The molecule has 1 fully saturated rings. The second-order valence-electron chi connectivity index (χ2n) is 4.19. The van der Waals surface area contributed by atoms with Gasteiger partial charge in [0.25, 0.3) is 0 Å². The lowest BCUT2D eigenvalue weighted by molar-refractivity contribution is -0.00549. The third kappa shape index (κ3) is 2.48. The quantitative estimate of drug-likeness (QED) is 0.795. The molecule has 1 N–H and O–H groups in total. The Hall–Kier alpha value is -1.20. The van der Waals surface area contributed by atoms with Crippen LogP contribution in [0.2, 0.25) is 0 Å². The van der Waals surface area contributed by atoms with E-state index in [0.717, 1.165) is 18.9 Å². The molecule has 0 saturated carbocycles. The highest BCUT2D eigenvalue weighted by Crippen LogP contribution is 2.17. The maximum atomic E-state index is 9.02. The van der Waals surface area contributed by atoms with Crippen LogP contribution in [0.25, 0.3) is 0 Å². The first-order chi connectivity index (χ1) is 7.69. The van der Waals surface area contributed by atoms with Crippen LogP contribution < -0.4 is 4.90 Å². The first kappa shape index (κ1) is 11.3. The number of anilines is 1. The Labute approximate surface area is 95.1 Å². The Balaban J connectivity index is 2.16. The number of hydrogen-bond acceptors (Lipinski definition) is 5. The van der Waals surface area contributed by atoms with E-state index in [0.29, 0.717) is 5.69 Å². The summed E-state index contributed by atoms with van der Waals surface area (Å²) in [6, 6.07) is 0. The number of nitrogens with zero attached hydrogens (tertiary/aromatic N) is 3. The first-order valence-electron chi connectivity index (χ1n) is 5.51. The van der Waals surface area contributed by atoms with Gasteiger partial charge in [-0.05, 0) is 13.8 Å². The Morgan fingerprint density at radius 2 is 2.06 bits per heavy atom. The van der Waals surface area contributed by atoms with Crippen molar-refractivity contribution < 1.29 is 9.84 Å². The highest BCUT2D eigenvalue weighted by molar-refractivity contribution is 5.37. The Morgan fingerprint density at radius 1 is 1.38 bits per heavy atom. The van der Waals surface area contributed by atoms with Crippen LogP contribution >= 0.6 is 0 Å². The zero-order chi connectivity index (χ0) is 11.5. The molecular weight excluding hydrogens is 206 g/mol. The van der Waals surface area contributed by atoms with Crippen LogP contribution in [0.15, 0.2) is 12.4 Å². The summed E-state index contributed by atoms with van der Waals surface area (Å²) in [6.07, 6.45) is 3.70. The van der Waals surface area contributed by atoms with Crippen molar-refractivity contribution in [2.75, 3.05) is 18.0 Å². The van der Waals surface area contributed by atoms with Crippen LogP contribution in [0.4, 0.5) is 5.82 Å². The van der Waals surface area contributed by atoms with Gasteiger partial charge in [-0.1, -0.05) is 0 Å². The summed E-state index contributed by atoms with van der Waals surface area (Å²) < 4.78 is 5.66. The van der Waals surface area contributed by atoms with Gasteiger partial charge in [-0.15, -0.1) is 0 Å². The molecule has 2 rings (SSSR count). The maximum Gasteiger partial charge on any atom is 0.147 e. The molecule has 88 valence electrons. The molecule has 0 aromatic carbocycles. The molecule has 2 heterocycles. The van der Waals surface area contributed by atoms with Crippen molar-refractivity contribution in [2.24, 2.45) is 0 Å². The third-order valence-electron chi connectivity index (χ3n) is 2.58. The average molecular weight is 223 g/mol. The Kier molecular flexibility index (Phi) is 3.36. The van der Waals surface area contributed by atoms with Crippen LogP contribution in [0.3, 0.4) is 0 Å². The van der Waals surface area contributed by atoms with E-state index >= 15 is 0 Å². The predicted octanol–water partition coefficient (Wildman–Crippen LogP) is 0.583. The lowest BCUT2D eigenvalue weighted by Crippen LogP contribution is -2.45. The van der Waals surface area contributed by atoms with Gasteiger partial charge >= 0.3 is 0 Å². The highest BCUT2D eigenvalue weighted by atomic mass is 16.5. The summed E-state index contributed by atoms with van der Waals surface area (Å²) in [4.78, 5) is 10.6. The maximum absolute atomic E-state index is 9.02. The SMILES string of the molecule is C[C@@H]1CN(c2cncc(CO)n2)C[C@H](C)O1. The van der Waals surface area contributed by atoms with Gasteiger partial charge in [-0.3, -0.25) is 4.98 Å². The van der Waals surface area contributed by atoms with Crippen LogP contribution in [0, 0.1) is 0 Å². The van der Waals surface area contributed by atoms with Crippen molar-refractivity contribution in [1.29, 1.82) is 0 Å². The van der Waals surface area contributed by atoms with E-state index in [1.807, 2.05) is 13.8 Å². The second kappa shape index (κ2) is 4.76. The number of rotatable bonds is 2. The minimum Gasteiger partial charge on any atom is -0.390 e. The molecule has 0 radical (unpaired) electrons. The molecule has 1 saturated heterocycles. The number of ether oxygens (including phenoxy) is 1. The van der Waals surface area contributed by atoms with Gasteiger partial charge in [-0.25, -0.2) is 4.98 Å². The van der Waals surface area contributed by atoms with E-state index in [1.165, 1.54) is 0 Å². The smallest absolute Gasteiger partial charge is 0.147 e. The van der Waals surface area contributed by atoms with Crippen LogP contribution in [0.5, 0.6) is 0 Å². The van der Waals surface area contributed by atoms with Crippen molar-refractivity contribution in [3.63, 3.8) is 0 Å². The summed E-state index contributed by atoms with van der Waals surface area (Å²) in [5.74, 6) is 0.813. The standard InChI is InChI=1S/C11H17N3O2/c1-8-5-14(6-9(2)16-8)11-4-12-3-10(7-15)13-11/h3-4,8-9,15H,5-7H2,1-2H3/t8-,9+. The summed E-state index contributed by atoms with van der Waals surface area (Å²) >= 11 is 0. The molecule has 0 unspecified atom stereocenters. The van der Waals surface area contributed by atoms with Crippen molar-refractivity contribution >= 4 is 5.82 Å². The Morgan fingerprint density at radius 3 is 2.69 bits per heavy atom. The molecule has 1 aliphatic heterocycles. The fraction of sp³-hybridized carbons (Fsp3) is 0.636. The molecule has 5 nitrogen and oxygen atoms in total. The molecule has 2 atom stereocenters. The number of morpholine rings is 1. The zero-order valence-electron chi connectivity index (χ0n) is 9.63. The largest absolute Gasteiger partial charge is 0.390 e. The predicted molar refractivity (Wildman–Crippen MR) is 60.2 cm³/mol. The van der Waals surface area contributed by atoms with E-state index in [1.54, 1.807) is 12.4 Å². The van der Waals surface area contributed by atoms with Crippen LogP contribution in [-0.2, 0) is 11.3 Å². The lowest BCUT2D eigenvalue weighted by Gasteiger charge is -2.35. The summed E-state index contributed by atoms with van der Waals surface area (Å²) in [7, 11) is 0. The number of aliphatic hydroxyl groups is 1. The van der Waals surface area contributed by atoms with Crippen molar-refractivity contribution in [1.82, 2.24) is 9.97 Å². The summed E-state index contributed by atoms with van der Waals surface area (Å²) in [5, 5.41) is 9.02. The second-order valence-corrected chi connectivity index (χ2v) is 4.19. The van der Waals surface area contributed by atoms with Crippen LogP contribution in [0.1, 0.15) is 19.5 Å². The molecule has 1 aromatic rings. The Bertz CT molecular complexity index is 349. The van der Waals surface area contributed by atoms with E-state index in [4.69, 9.17) is 9.84 Å². The van der Waals surface area contributed by atoms with Crippen LogP contribution in [-0.4, -0.2) is 40.4 Å². The lowest BCUT2D eigenvalue weighted by atomic mass is 10.2. The first-order valence-corrected chi connectivity index (χ1v) is 5.51. The summed E-state index contributed by atoms with van der Waals surface area (Å²) in [6.45, 7) is 5.65. The molecule has 0 spiro atoms. The van der Waals surface area contributed by atoms with Crippen molar-refractivity contribution in [3.05, 3.63) is 18.1 Å². The van der Waals surface area contributed by atoms with E-state index in [2.05, 4.69) is 14.9 Å². The third-order valence-corrected chi connectivity index (χ3v) is 2.58. The molecule has 1 aromatic heterocycles. The van der Waals surface area contributed by atoms with Gasteiger partial charge in [0.2, 0.25) is 0 Å². The molecule has 0 bridgehead atoms. The van der Waals surface area contributed by atoms with E-state index in [9.17, 15) is 0 Å². The molecule has 1 aliphatic rings. The topological polar surface area (TPSA) is 58.5 Å². The fourth-order valence-corrected chi connectivity index (χ4v) is 1.99. The molecule has 0 amide bonds. The van der Waals surface area contributed by atoms with Crippen molar-refractivity contribution in [3.8, 4) is 0 Å². The van der Waals surface area contributed by atoms with Gasteiger partial charge in [0.15, 0.2) is 0 Å². The minimum atomic E-state index is -0.0731. The van der Waals surface area contributed by atoms with Gasteiger partial charge in [0, 0.05) is 13.1 Å². The minimum absolute atomic E-state index is 0.0731. The number of aromatic nitrogens is 2. The van der Waals surface area contributed by atoms with Gasteiger partial charge in [0.05, 0.1) is 36.9 Å². The molecular formula is C11H17N3O2. The normalized spacial score (nSPS) is 25.8. The molecule has 16 heavy (non-hydrogen) atoms. The number of hydrogen-bond donors (Lipinski definition) is 1. The molecule has 0 aliphatic carbocycles. The zero-order valence-corrected chi connectivity index (χ0v) is 9.63.